The first-order valence-corrected chi connectivity index (χ1v) is 5.66. The van der Waals surface area contributed by atoms with E-state index in [0.717, 1.165) is 0 Å². The summed E-state index contributed by atoms with van der Waals surface area (Å²) >= 11 is 0. The Morgan fingerprint density at radius 2 is 1.88 bits per heavy atom. The number of hydrogen-bond donors (Lipinski definition) is 1. The van der Waals surface area contributed by atoms with Crippen molar-refractivity contribution in [2.45, 2.75) is 32.9 Å². The second kappa shape index (κ2) is 3.80. The third kappa shape index (κ3) is 2.17. The molecule has 17 heavy (non-hydrogen) atoms. The maximum Gasteiger partial charge on any atom is 0.246 e. The number of carbonyl (C=O) groups excluding carboxylic acids is 1. The van der Waals surface area contributed by atoms with Crippen molar-refractivity contribution in [2.24, 2.45) is 5.41 Å². The monoisotopic (exact) mass is 238 g/mol. The van der Waals surface area contributed by atoms with Gasteiger partial charge in [-0.2, -0.15) is 15.0 Å². The smallest absolute Gasteiger partial charge is 0.246 e. The lowest BCUT2D eigenvalue weighted by Gasteiger charge is -2.30. The molecule has 1 aromatic heterocycles. The van der Waals surface area contributed by atoms with Gasteiger partial charge < -0.3 is 10.0 Å². The topological polar surface area (TPSA) is 71.2 Å². The minimum absolute atomic E-state index is 0.0629. The minimum atomic E-state index is -0.847. The van der Waals surface area contributed by atoms with Gasteiger partial charge in [0, 0.05) is 18.5 Å². The number of hydrogen-bond acceptors (Lipinski definition) is 4. The van der Waals surface area contributed by atoms with E-state index in [9.17, 15) is 9.90 Å². The molecule has 1 unspecified atom stereocenters. The lowest BCUT2D eigenvalue weighted by atomic mass is 9.79. The third-order valence-corrected chi connectivity index (χ3v) is 3.64. The lowest BCUT2D eigenvalue weighted by molar-refractivity contribution is -0.132. The zero-order valence-corrected chi connectivity index (χ0v) is 10.4. The summed E-state index contributed by atoms with van der Waals surface area (Å²) in [6, 6.07) is 0. The van der Waals surface area contributed by atoms with E-state index in [1.807, 2.05) is 13.8 Å². The Morgan fingerprint density at radius 1 is 1.29 bits per heavy atom. The van der Waals surface area contributed by atoms with Gasteiger partial charge in [-0.3, -0.25) is 4.79 Å². The van der Waals surface area contributed by atoms with Crippen molar-refractivity contribution in [3.63, 3.8) is 0 Å². The fourth-order valence-corrected chi connectivity index (χ4v) is 2.01. The van der Waals surface area contributed by atoms with E-state index >= 15 is 0 Å². The molecule has 94 valence electrons. The van der Waals surface area contributed by atoms with E-state index in [-0.39, 0.29) is 17.9 Å². The molecule has 0 spiro atoms. The van der Waals surface area contributed by atoms with Gasteiger partial charge in [-0.05, 0) is 6.92 Å². The molecular weight excluding hydrogens is 220 g/mol. The highest BCUT2D eigenvalue weighted by Crippen LogP contribution is 2.38. The summed E-state index contributed by atoms with van der Waals surface area (Å²) in [5.41, 5.74) is -1.14. The van der Waals surface area contributed by atoms with E-state index in [1.165, 1.54) is 17.2 Å². The SMILES string of the molecule is CC1(C)CN(C(=O)Cn2nccn2)CC1(C)O. The molecule has 1 N–H and O–H groups in total. The largest absolute Gasteiger partial charge is 0.388 e. The Kier molecular flexibility index (Phi) is 2.69. The van der Waals surface area contributed by atoms with Gasteiger partial charge in [0.1, 0.15) is 6.54 Å². The molecule has 1 aliphatic rings. The molecule has 6 nitrogen and oxygen atoms in total. The second-order valence-corrected chi connectivity index (χ2v) is 5.47. The quantitative estimate of drug-likeness (QED) is 0.781. The van der Waals surface area contributed by atoms with Crippen LogP contribution in [0.5, 0.6) is 0 Å². The van der Waals surface area contributed by atoms with Crippen LogP contribution < -0.4 is 0 Å². The third-order valence-electron chi connectivity index (χ3n) is 3.64. The molecule has 6 heteroatoms. The van der Waals surface area contributed by atoms with Gasteiger partial charge in [0.15, 0.2) is 0 Å². The Bertz CT molecular complexity index is 395. The van der Waals surface area contributed by atoms with Crippen molar-refractivity contribution >= 4 is 5.91 Å². The summed E-state index contributed by atoms with van der Waals surface area (Å²) in [5, 5.41) is 18.0. The van der Waals surface area contributed by atoms with Gasteiger partial charge in [-0.1, -0.05) is 13.8 Å². The second-order valence-electron chi connectivity index (χ2n) is 5.47. The molecule has 0 aliphatic carbocycles. The summed E-state index contributed by atoms with van der Waals surface area (Å²) in [6.07, 6.45) is 3.08. The van der Waals surface area contributed by atoms with E-state index in [2.05, 4.69) is 10.2 Å². The number of amides is 1. The number of carbonyl (C=O) groups is 1. The first-order chi connectivity index (χ1) is 7.82. The van der Waals surface area contributed by atoms with Crippen LogP contribution in [0, 0.1) is 5.41 Å². The van der Waals surface area contributed by atoms with E-state index < -0.39 is 5.60 Å². The standard InChI is InChI=1S/C11H18N4O2/c1-10(2)7-14(8-11(10,3)17)9(16)6-15-12-4-5-13-15/h4-5,17H,6-8H2,1-3H3. The van der Waals surface area contributed by atoms with E-state index in [0.29, 0.717) is 13.1 Å². The number of rotatable bonds is 2. The molecule has 1 fully saturated rings. The van der Waals surface area contributed by atoms with Crippen molar-refractivity contribution in [1.82, 2.24) is 19.9 Å². The van der Waals surface area contributed by atoms with Crippen LogP contribution in [-0.4, -0.2) is 49.6 Å². The van der Waals surface area contributed by atoms with Crippen LogP contribution >= 0.6 is 0 Å². The Hall–Kier alpha value is -1.43. The van der Waals surface area contributed by atoms with Crippen LogP contribution in [0.15, 0.2) is 12.4 Å². The Labute approximate surface area is 100 Å². The molecule has 1 aliphatic heterocycles. The molecular formula is C11H18N4O2. The van der Waals surface area contributed by atoms with Gasteiger partial charge in [0.05, 0.1) is 18.0 Å². The summed E-state index contributed by atoms with van der Waals surface area (Å²) in [5.74, 6) is -0.0629. The van der Waals surface area contributed by atoms with E-state index in [1.54, 1.807) is 11.8 Å². The van der Waals surface area contributed by atoms with Gasteiger partial charge in [-0.15, -0.1) is 0 Å². The van der Waals surface area contributed by atoms with Gasteiger partial charge in [0.2, 0.25) is 5.91 Å². The van der Waals surface area contributed by atoms with Gasteiger partial charge >= 0.3 is 0 Å². The van der Waals surface area contributed by atoms with Gasteiger partial charge in [-0.25, -0.2) is 0 Å². The molecule has 1 amide bonds. The maximum absolute atomic E-state index is 12.0. The van der Waals surface area contributed by atoms with Crippen LogP contribution in [0.25, 0.3) is 0 Å². The molecule has 0 bridgehead atoms. The molecule has 0 aromatic carbocycles. The average Bonchev–Trinajstić information content (AvgIpc) is 2.74. The molecule has 0 saturated carbocycles. The highest BCUT2D eigenvalue weighted by molar-refractivity contribution is 5.76. The minimum Gasteiger partial charge on any atom is -0.388 e. The summed E-state index contributed by atoms with van der Waals surface area (Å²) in [4.78, 5) is 15.0. The molecule has 2 heterocycles. The van der Waals surface area contributed by atoms with Crippen LogP contribution in [0.1, 0.15) is 20.8 Å². The van der Waals surface area contributed by atoms with E-state index in [4.69, 9.17) is 0 Å². The first-order valence-electron chi connectivity index (χ1n) is 5.66. The molecule has 2 rings (SSSR count). The van der Waals surface area contributed by atoms with Crippen LogP contribution in [-0.2, 0) is 11.3 Å². The van der Waals surface area contributed by atoms with Crippen molar-refractivity contribution < 1.29 is 9.90 Å². The average molecular weight is 238 g/mol. The number of aliphatic hydroxyl groups is 1. The predicted octanol–water partition coefficient (Wildman–Crippen LogP) is -0.103. The first kappa shape index (κ1) is 12.0. The van der Waals surface area contributed by atoms with Crippen LogP contribution in [0.3, 0.4) is 0 Å². The van der Waals surface area contributed by atoms with Crippen molar-refractivity contribution in [1.29, 1.82) is 0 Å². The van der Waals surface area contributed by atoms with Crippen molar-refractivity contribution in [3.8, 4) is 0 Å². The van der Waals surface area contributed by atoms with Crippen molar-refractivity contribution in [2.75, 3.05) is 13.1 Å². The molecule has 1 saturated heterocycles. The molecule has 1 aromatic rings. The van der Waals surface area contributed by atoms with Crippen LogP contribution in [0.2, 0.25) is 0 Å². The van der Waals surface area contributed by atoms with Gasteiger partial charge in [0.25, 0.3) is 0 Å². The Balaban J connectivity index is 2.04. The number of nitrogens with zero attached hydrogens (tertiary/aromatic N) is 4. The van der Waals surface area contributed by atoms with Crippen LogP contribution in [0.4, 0.5) is 0 Å². The lowest BCUT2D eigenvalue weighted by Crippen LogP contribution is -2.40. The molecule has 0 radical (unpaired) electrons. The zero-order valence-electron chi connectivity index (χ0n) is 10.4. The number of β-amino-alcohol motifs (C(OH)–C–C–N with tert-alkyl or cyclic N) is 1. The Morgan fingerprint density at radius 3 is 2.35 bits per heavy atom. The summed E-state index contributed by atoms with van der Waals surface area (Å²) < 4.78 is 0. The highest BCUT2D eigenvalue weighted by Gasteiger charge is 2.49. The zero-order chi connectivity index (χ0) is 12.7. The maximum atomic E-state index is 12.0. The number of aromatic nitrogens is 3. The fourth-order valence-electron chi connectivity index (χ4n) is 2.01. The fraction of sp³-hybridized carbons (Fsp3) is 0.727. The summed E-state index contributed by atoms with van der Waals surface area (Å²) in [6.45, 7) is 6.74. The molecule has 1 atom stereocenters. The van der Waals surface area contributed by atoms with Crippen molar-refractivity contribution in [3.05, 3.63) is 12.4 Å². The normalized spacial score (nSPS) is 27.4. The number of likely N-dealkylation sites (tertiary alicyclic amines) is 1. The predicted molar refractivity (Wildman–Crippen MR) is 61.0 cm³/mol. The highest BCUT2D eigenvalue weighted by atomic mass is 16.3. The summed E-state index contributed by atoms with van der Waals surface area (Å²) in [7, 11) is 0.